The predicted octanol–water partition coefficient (Wildman–Crippen LogP) is 0.493. The number of nitrogens with zero attached hydrogens (tertiary/aromatic N) is 5. The summed E-state index contributed by atoms with van der Waals surface area (Å²) in [5.41, 5.74) is 1.21. The Morgan fingerprint density at radius 1 is 0.579 bits per heavy atom. The van der Waals surface area contributed by atoms with Gasteiger partial charge in [-0.3, -0.25) is 14.6 Å². The van der Waals surface area contributed by atoms with Crippen molar-refractivity contribution in [1.29, 1.82) is 0 Å². The number of aromatic nitrogens is 5. The summed E-state index contributed by atoms with van der Waals surface area (Å²) in [5, 5.41) is 7.96. The lowest BCUT2D eigenvalue weighted by Gasteiger charge is -2.09. The molecule has 0 saturated carbocycles. The van der Waals surface area contributed by atoms with Crippen LogP contribution < -0.4 is 20.6 Å². The Balaban J connectivity index is 1.17. The minimum Gasteiger partial charge on any atom is -0.474 e. The van der Waals surface area contributed by atoms with Gasteiger partial charge < -0.3 is 28.4 Å². The van der Waals surface area contributed by atoms with Gasteiger partial charge in [0.15, 0.2) is 0 Å². The maximum Gasteiger partial charge on any atom is 0.266 e. The summed E-state index contributed by atoms with van der Waals surface area (Å²) in [5.74, 6) is 0.743. The average molecular weight is 532 g/mol. The topological polar surface area (TPSA) is 138 Å². The fourth-order valence-corrected chi connectivity index (χ4v) is 3.01. The summed E-state index contributed by atoms with van der Waals surface area (Å²) in [7, 11) is 3.13. The first-order valence-corrected chi connectivity index (χ1v) is 12.1. The first-order valence-electron chi connectivity index (χ1n) is 12.1. The van der Waals surface area contributed by atoms with Gasteiger partial charge in [-0.1, -0.05) is 6.07 Å². The van der Waals surface area contributed by atoms with Crippen LogP contribution in [0.15, 0.2) is 52.1 Å². The number of hydrogen-bond acceptors (Lipinski definition) is 11. The molecule has 13 heteroatoms. The number of aryl methyl sites for hydroxylation is 2. The molecule has 0 unspecified atom stereocenters. The maximum absolute atomic E-state index is 11.3. The largest absolute Gasteiger partial charge is 0.474 e. The molecule has 0 radical (unpaired) electrons. The van der Waals surface area contributed by atoms with E-state index in [1.807, 2.05) is 18.2 Å². The van der Waals surface area contributed by atoms with E-state index in [0.29, 0.717) is 77.8 Å². The SMILES string of the molecule is Cn1nc(OCCOCCOCc2cccc(COCCOCCOc3ccc(=O)n(C)n3)n2)ccc1=O. The lowest BCUT2D eigenvalue weighted by molar-refractivity contribution is 0.0264. The molecule has 0 aliphatic heterocycles. The molecule has 0 N–H and O–H groups in total. The Labute approximate surface area is 219 Å². The van der Waals surface area contributed by atoms with Gasteiger partial charge in [-0.2, -0.15) is 0 Å². The molecule has 206 valence electrons. The zero-order valence-corrected chi connectivity index (χ0v) is 21.6. The van der Waals surface area contributed by atoms with Crippen LogP contribution in [-0.4, -0.2) is 77.4 Å². The second-order valence-electron chi connectivity index (χ2n) is 7.91. The van der Waals surface area contributed by atoms with E-state index in [1.54, 1.807) is 14.1 Å². The third-order valence-corrected chi connectivity index (χ3v) is 4.94. The second-order valence-corrected chi connectivity index (χ2v) is 7.91. The molecule has 0 aliphatic rings. The van der Waals surface area contributed by atoms with Crippen molar-refractivity contribution < 1.29 is 28.4 Å². The van der Waals surface area contributed by atoms with E-state index in [-0.39, 0.29) is 11.1 Å². The first kappa shape index (κ1) is 28.9. The average Bonchev–Trinajstić information content (AvgIpc) is 2.91. The van der Waals surface area contributed by atoms with Gasteiger partial charge in [-0.25, -0.2) is 9.36 Å². The van der Waals surface area contributed by atoms with Gasteiger partial charge in [0, 0.05) is 38.4 Å². The molecule has 0 aromatic carbocycles. The molecule has 0 fully saturated rings. The van der Waals surface area contributed by atoms with Crippen LogP contribution in [0.4, 0.5) is 0 Å². The Hall–Kier alpha value is -3.65. The van der Waals surface area contributed by atoms with Gasteiger partial charge >= 0.3 is 0 Å². The van der Waals surface area contributed by atoms with Crippen molar-refractivity contribution in [2.75, 3.05) is 52.9 Å². The van der Waals surface area contributed by atoms with Crippen molar-refractivity contribution in [3.8, 4) is 11.8 Å². The zero-order valence-electron chi connectivity index (χ0n) is 21.6. The van der Waals surface area contributed by atoms with Gasteiger partial charge in [-0.05, 0) is 12.1 Å². The molecule has 0 spiro atoms. The van der Waals surface area contributed by atoms with Crippen LogP contribution >= 0.6 is 0 Å². The van der Waals surface area contributed by atoms with E-state index in [1.165, 1.54) is 33.6 Å². The number of hydrogen-bond donors (Lipinski definition) is 0. The molecule has 0 atom stereocenters. The van der Waals surface area contributed by atoms with Crippen molar-refractivity contribution in [3.63, 3.8) is 0 Å². The van der Waals surface area contributed by atoms with E-state index in [2.05, 4.69) is 15.2 Å². The Kier molecular flexibility index (Phi) is 12.4. The highest BCUT2D eigenvalue weighted by molar-refractivity contribution is 5.10. The van der Waals surface area contributed by atoms with Crippen LogP contribution in [0.2, 0.25) is 0 Å². The zero-order chi connectivity index (χ0) is 27.0. The van der Waals surface area contributed by atoms with E-state index in [9.17, 15) is 9.59 Å². The van der Waals surface area contributed by atoms with Crippen LogP contribution in [-0.2, 0) is 46.3 Å². The van der Waals surface area contributed by atoms with Gasteiger partial charge in [0.05, 0.1) is 64.2 Å². The first-order chi connectivity index (χ1) is 18.5. The van der Waals surface area contributed by atoms with E-state index >= 15 is 0 Å². The normalized spacial score (nSPS) is 11.0. The standard InChI is InChI=1S/C25H33N5O8/c1-29-24(31)8-6-22(27-29)37-16-14-33-10-12-35-18-20-4-3-5-21(26-20)19-36-13-11-34-15-17-38-23-7-9-25(32)30(2)28-23/h3-9H,10-19H2,1-2H3. The predicted molar refractivity (Wildman–Crippen MR) is 135 cm³/mol. The highest BCUT2D eigenvalue weighted by atomic mass is 16.6. The van der Waals surface area contributed by atoms with Crippen LogP contribution in [0.3, 0.4) is 0 Å². The monoisotopic (exact) mass is 531 g/mol. The third-order valence-electron chi connectivity index (χ3n) is 4.94. The van der Waals surface area contributed by atoms with Crippen LogP contribution in [0, 0.1) is 0 Å². The Morgan fingerprint density at radius 2 is 1.00 bits per heavy atom. The van der Waals surface area contributed by atoms with Crippen molar-refractivity contribution in [2.24, 2.45) is 14.1 Å². The quantitative estimate of drug-likeness (QED) is 0.212. The molecule has 3 heterocycles. The minimum atomic E-state index is -0.194. The fraction of sp³-hybridized carbons (Fsp3) is 0.480. The summed E-state index contributed by atoms with van der Waals surface area (Å²) >= 11 is 0. The van der Waals surface area contributed by atoms with Crippen molar-refractivity contribution in [2.45, 2.75) is 13.2 Å². The highest BCUT2D eigenvalue weighted by Gasteiger charge is 2.02. The summed E-state index contributed by atoms with van der Waals surface area (Å²) in [6, 6.07) is 11.5. The van der Waals surface area contributed by atoms with Crippen molar-refractivity contribution in [1.82, 2.24) is 24.5 Å². The maximum atomic E-state index is 11.3. The Bertz CT molecular complexity index is 1140. The second kappa shape index (κ2) is 16.2. The Morgan fingerprint density at radius 3 is 1.45 bits per heavy atom. The van der Waals surface area contributed by atoms with E-state index in [4.69, 9.17) is 28.4 Å². The van der Waals surface area contributed by atoms with Crippen LogP contribution in [0.5, 0.6) is 11.8 Å². The summed E-state index contributed by atoms with van der Waals surface area (Å²) in [4.78, 5) is 27.1. The van der Waals surface area contributed by atoms with E-state index in [0.717, 1.165) is 11.4 Å². The summed E-state index contributed by atoms with van der Waals surface area (Å²) in [6.07, 6.45) is 0. The highest BCUT2D eigenvalue weighted by Crippen LogP contribution is 2.04. The molecule has 0 amide bonds. The van der Waals surface area contributed by atoms with Crippen LogP contribution in [0.25, 0.3) is 0 Å². The van der Waals surface area contributed by atoms with Crippen LogP contribution in [0.1, 0.15) is 11.4 Å². The van der Waals surface area contributed by atoms with Gasteiger partial charge in [0.1, 0.15) is 13.2 Å². The molecule has 3 rings (SSSR count). The van der Waals surface area contributed by atoms with Gasteiger partial charge in [-0.15, -0.1) is 10.2 Å². The number of rotatable bonds is 18. The molecule has 0 saturated heterocycles. The molecule has 0 bridgehead atoms. The van der Waals surface area contributed by atoms with Crippen molar-refractivity contribution in [3.05, 3.63) is 74.6 Å². The fourth-order valence-electron chi connectivity index (χ4n) is 3.01. The molecular formula is C25H33N5O8. The lowest BCUT2D eigenvalue weighted by Crippen LogP contribution is -2.19. The number of ether oxygens (including phenoxy) is 6. The summed E-state index contributed by atoms with van der Waals surface area (Å²) < 4.78 is 35.5. The van der Waals surface area contributed by atoms with Crippen molar-refractivity contribution >= 4 is 0 Å². The third kappa shape index (κ3) is 10.8. The number of pyridine rings is 1. The van der Waals surface area contributed by atoms with E-state index < -0.39 is 0 Å². The van der Waals surface area contributed by atoms with Gasteiger partial charge in [0.25, 0.3) is 11.1 Å². The molecular weight excluding hydrogens is 498 g/mol. The molecule has 0 aliphatic carbocycles. The lowest BCUT2D eigenvalue weighted by atomic mass is 10.3. The minimum absolute atomic E-state index is 0.194. The van der Waals surface area contributed by atoms with Gasteiger partial charge in [0.2, 0.25) is 11.8 Å². The molecule has 13 nitrogen and oxygen atoms in total. The molecule has 38 heavy (non-hydrogen) atoms. The smallest absolute Gasteiger partial charge is 0.266 e. The summed E-state index contributed by atoms with van der Waals surface area (Å²) in [6.45, 7) is 3.79. The molecule has 3 aromatic heterocycles. The molecule has 3 aromatic rings.